The van der Waals surface area contributed by atoms with Gasteiger partial charge in [-0.15, -0.1) is 0 Å². The molecule has 1 aliphatic heterocycles. The van der Waals surface area contributed by atoms with Gasteiger partial charge in [-0.2, -0.15) is 11.8 Å². The quantitative estimate of drug-likeness (QED) is 0.800. The molecule has 2 unspecified atom stereocenters. The highest BCUT2D eigenvalue weighted by Gasteiger charge is 2.25. The summed E-state index contributed by atoms with van der Waals surface area (Å²) in [5.74, 6) is -0.400. The van der Waals surface area contributed by atoms with E-state index in [4.69, 9.17) is 0 Å². The largest absolute Gasteiger partial charge is 0.294 e. The molecule has 0 bridgehead atoms. The lowest BCUT2D eigenvalue weighted by molar-refractivity contribution is 0.201. The Hall–Kier alpha value is -0.610. The molecule has 4 heteroatoms. The number of halogens is 2. The third kappa shape index (κ3) is 2.80. The third-order valence-corrected chi connectivity index (χ3v) is 4.76. The van der Waals surface area contributed by atoms with Gasteiger partial charge in [0.05, 0.1) is 0 Å². The average Bonchev–Trinajstić information content (AvgIpc) is 2.31. The van der Waals surface area contributed by atoms with Crippen LogP contribution in [0, 0.1) is 11.6 Å². The van der Waals surface area contributed by atoms with Crippen LogP contribution in [0.1, 0.15) is 19.4 Å². The van der Waals surface area contributed by atoms with Crippen LogP contribution in [0.15, 0.2) is 18.2 Å². The summed E-state index contributed by atoms with van der Waals surface area (Å²) in [6, 6.07) is 4.80. The number of thioether (sulfide) groups is 1. The molecular weight excluding hydrogens is 240 g/mol. The molecule has 1 aromatic rings. The van der Waals surface area contributed by atoms with Gasteiger partial charge in [-0.25, -0.2) is 8.78 Å². The van der Waals surface area contributed by atoms with Crippen molar-refractivity contribution in [1.29, 1.82) is 0 Å². The van der Waals surface area contributed by atoms with Crippen LogP contribution in [0.5, 0.6) is 0 Å². The molecule has 1 aromatic carbocycles. The Labute approximate surface area is 105 Å². The summed E-state index contributed by atoms with van der Waals surface area (Å²) in [6.45, 7) is 5.76. The molecule has 0 saturated carbocycles. The van der Waals surface area contributed by atoms with Gasteiger partial charge < -0.3 is 0 Å². The topological polar surface area (TPSA) is 3.24 Å². The fourth-order valence-electron chi connectivity index (χ4n) is 2.11. The summed E-state index contributed by atoms with van der Waals surface area (Å²) in [6.07, 6.45) is 0. The summed E-state index contributed by atoms with van der Waals surface area (Å²) >= 11 is 1.94. The van der Waals surface area contributed by atoms with Crippen molar-refractivity contribution >= 4 is 11.8 Å². The SMILES string of the molecule is CC1SCCN(Cc2cccc(F)c2F)C1C. The van der Waals surface area contributed by atoms with Crippen LogP contribution >= 0.6 is 11.8 Å². The van der Waals surface area contributed by atoms with Crippen molar-refractivity contribution in [2.75, 3.05) is 12.3 Å². The van der Waals surface area contributed by atoms with Crippen LogP contribution in [0.3, 0.4) is 0 Å². The van der Waals surface area contributed by atoms with Crippen LogP contribution in [0.25, 0.3) is 0 Å². The van der Waals surface area contributed by atoms with Crippen LogP contribution in [-0.4, -0.2) is 28.5 Å². The monoisotopic (exact) mass is 257 g/mol. The molecular formula is C13H17F2NS. The molecule has 94 valence electrons. The summed E-state index contributed by atoms with van der Waals surface area (Å²) in [4.78, 5) is 2.22. The Balaban J connectivity index is 2.12. The van der Waals surface area contributed by atoms with Crippen LogP contribution in [-0.2, 0) is 6.54 Å². The fourth-order valence-corrected chi connectivity index (χ4v) is 3.27. The van der Waals surface area contributed by atoms with Crippen molar-refractivity contribution in [3.63, 3.8) is 0 Å². The molecule has 0 spiro atoms. The Kier molecular flexibility index (Phi) is 4.05. The predicted molar refractivity (Wildman–Crippen MR) is 68.2 cm³/mol. The maximum atomic E-state index is 13.6. The molecule has 0 N–H and O–H groups in total. The minimum Gasteiger partial charge on any atom is -0.294 e. The number of rotatable bonds is 2. The van der Waals surface area contributed by atoms with Crippen molar-refractivity contribution in [3.05, 3.63) is 35.4 Å². The summed E-state index contributed by atoms with van der Waals surface area (Å²) < 4.78 is 26.7. The highest BCUT2D eigenvalue weighted by molar-refractivity contribution is 8.00. The minimum atomic E-state index is -0.755. The average molecular weight is 257 g/mol. The summed E-state index contributed by atoms with van der Waals surface area (Å²) in [5, 5.41) is 0.542. The predicted octanol–water partition coefficient (Wildman–Crippen LogP) is 3.29. The smallest absolute Gasteiger partial charge is 0.163 e. The van der Waals surface area contributed by atoms with Gasteiger partial charge in [0.1, 0.15) is 0 Å². The normalized spacial score (nSPS) is 26.1. The van der Waals surface area contributed by atoms with E-state index in [0.717, 1.165) is 18.4 Å². The summed E-state index contributed by atoms with van der Waals surface area (Å²) in [7, 11) is 0. The lowest BCUT2D eigenvalue weighted by atomic mass is 10.1. The van der Waals surface area contributed by atoms with Crippen LogP contribution in [0.4, 0.5) is 8.78 Å². The van der Waals surface area contributed by atoms with E-state index in [0.29, 0.717) is 23.4 Å². The van der Waals surface area contributed by atoms with Crippen molar-refractivity contribution in [3.8, 4) is 0 Å². The van der Waals surface area contributed by atoms with Gasteiger partial charge in [-0.1, -0.05) is 19.1 Å². The van der Waals surface area contributed by atoms with E-state index >= 15 is 0 Å². The van der Waals surface area contributed by atoms with Crippen molar-refractivity contribution in [2.24, 2.45) is 0 Å². The Morgan fingerprint density at radius 3 is 2.88 bits per heavy atom. The standard InChI is InChI=1S/C13H17F2NS/c1-9-10(2)17-7-6-16(9)8-11-4-3-5-12(14)13(11)15/h3-5,9-10H,6-8H2,1-2H3. The highest BCUT2D eigenvalue weighted by atomic mass is 32.2. The zero-order valence-electron chi connectivity index (χ0n) is 10.1. The lowest BCUT2D eigenvalue weighted by Gasteiger charge is -2.37. The molecule has 0 amide bonds. The van der Waals surface area contributed by atoms with E-state index < -0.39 is 11.6 Å². The molecule has 2 atom stereocenters. The summed E-state index contributed by atoms with van der Waals surface area (Å²) in [5.41, 5.74) is 0.455. The molecule has 1 aliphatic rings. The molecule has 0 radical (unpaired) electrons. The Bertz CT molecular complexity index is 397. The van der Waals surface area contributed by atoms with Gasteiger partial charge in [-0.05, 0) is 13.0 Å². The Morgan fingerprint density at radius 1 is 1.35 bits per heavy atom. The maximum Gasteiger partial charge on any atom is 0.163 e. The van der Waals surface area contributed by atoms with Gasteiger partial charge >= 0.3 is 0 Å². The number of hydrogen-bond donors (Lipinski definition) is 0. The van der Waals surface area contributed by atoms with E-state index in [9.17, 15) is 8.78 Å². The van der Waals surface area contributed by atoms with Gasteiger partial charge in [-0.3, -0.25) is 4.90 Å². The molecule has 1 heterocycles. The second kappa shape index (κ2) is 5.36. The zero-order chi connectivity index (χ0) is 12.4. The fraction of sp³-hybridized carbons (Fsp3) is 0.538. The Morgan fingerprint density at radius 2 is 2.12 bits per heavy atom. The van der Waals surface area contributed by atoms with Gasteiger partial charge in [0.2, 0.25) is 0 Å². The number of hydrogen-bond acceptors (Lipinski definition) is 2. The van der Waals surface area contributed by atoms with Crippen molar-refractivity contribution in [2.45, 2.75) is 31.7 Å². The van der Waals surface area contributed by atoms with Crippen LogP contribution < -0.4 is 0 Å². The molecule has 0 aliphatic carbocycles. The molecule has 1 fully saturated rings. The first-order chi connectivity index (χ1) is 8.09. The highest BCUT2D eigenvalue weighted by Crippen LogP contribution is 2.26. The second-order valence-electron chi connectivity index (χ2n) is 4.50. The first kappa shape index (κ1) is 12.8. The van der Waals surface area contributed by atoms with Gasteiger partial charge in [0.25, 0.3) is 0 Å². The first-order valence-electron chi connectivity index (χ1n) is 5.88. The van der Waals surface area contributed by atoms with E-state index in [1.165, 1.54) is 0 Å². The third-order valence-electron chi connectivity index (χ3n) is 3.42. The van der Waals surface area contributed by atoms with Crippen molar-refractivity contribution in [1.82, 2.24) is 4.90 Å². The number of benzene rings is 1. The molecule has 1 saturated heterocycles. The van der Waals surface area contributed by atoms with Crippen molar-refractivity contribution < 1.29 is 8.78 Å². The van der Waals surface area contributed by atoms with Crippen LogP contribution in [0.2, 0.25) is 0 Å². The molecule has 0 aromatic heterocycles. The van der Waals surface area contributed by atoms with E-state index in [2.05, 4.69) is 18.7 Å². The first-order valence-corrected chi connectivity index (χ1v) is 6.93. The lowest BCUT2D eigenvalue weighted by Crippen LogP contribution is -2.44. The van der Waals surface area contributed by atoms with E-state index in [1.807, 2.05) is 11.8 Å². The molecule has 2 rings (SSSR count). The second-order valence-corrected chi connectivity index (χ2v) is 5.99. The van der Waals surface area contributed by atoms with Gasteiger partial charge in [0.15, 0.2) is 11.6 Å². The maximum absolute atomic E-state index is 13.6. The zero-order valence-corrected chi connectivity index (χ0v) is 10.9. The number of nitrogens with zero attached hydrogens (tertiary/aromatic N) is 1. The molecule has 17 heavy (non-hydrogen) atoms. The minimum absolute atomic E-state index is 0.399. The van der Waals surface area contributed by atoms with E-state index in [1.54, 1.807) is 12.1 Å². The van der Waals surface area contributed by atoms with E-state index in [-0.39, 0.29) is 0 Å². The molecule has 1 nitrogen and oxygen atoms in total. The van der Waals surface area contributed by atoms with Gasteiger partial charge in [0, 0.05) is 35.7 Å².